The molecule has 0 saturated carbocycles. The highest BCUT2D eigenvalue weighted by Gasteiger charge is 2.73. The Kier molecular flexibility index (Phi) is 7.59. The Morgan fingerprint density at radius 2 is 1.63 bits per heavy atom. The number of primary amides is 1. The van der Waals surface area contributed by atoms with Crippen LogP contribution in [0.5, 0.6) is 0 Å². The summed E-state index contributed by atoms with van der Waals surface area (Å²) in [6.45, 7) is 3.98. The monoisotopic (exact) mass is 525 g/mol. The summed E-state index contributed by atoms with van der Waals surface area (Å²) in [5.74, 6) is -1.43. The molecule has 13 heteroatoms. The molecule has 0 saturated heterocycles. The quantitative estimate of drug-likeness (QED) is 0.241. The van der Waals surface area contributed by atoms with Crippen LogP contribution in [0.25, 0.3) is 0 Å². The number of halogens is 8. The molecule has 2 aromatic carbocycles. The summed E-state index contributed by atoms with van der Waals surface area (Å²) in [5.41, 5.74) is -9.23. The number of nitrogens with zero attached hydrogens (tertiary/aromatic N) is 1. The average Bonchev–Trinajstić information content (AvgIpc) is 2.72. The van der Waals surface area contributed by atoms with Crippen molar-refractivity contribution in [2.75, 3.05) is 0 Å². The van der Waals surface area contributed by atoms with Gasteiger partial charge in [-0.05, 0) is 31.2 Å². The van der Waals surface area contributed by atoms with Crippen LogP contribution in [0.1, 0.15) is 40.9 Å². The van der Waals surface area contributed by atoms with Gasteiger partial charge in [-0.2, -0.15) is 36.6 Å². The summed E-state index contributed by atoms with van der Waals surface area (Å²) >= 11 is 6.11. The van der Waals surface area contributed by atoms with Crippen molar-refractivity contribution in [2.45, 2.75) is 44.3 Å². The van der Waals surface area contributed by atoms with Crippen molar-refractivity contribution in [3.8, 4) is 6.07 Å². The van der Waals surface area contributed by atoms with Gasteiger partial charge in [-0.15, -0.1) is 0 Å². The fourth-order valence-corrected chi connectivity index (χ4v) is 3.38. The third-order valence-electron chi connectivity index (χ3n) is 4.96. The van der Waals surface area contributed by atoms with Gasteiger partial charge in [0.25, 0.3) is 0 Å². The first-order chi connectivity index (χ1) is 15.9. The van der Waals surface area contributed by atoms with Gasteiger partial charge in [0.1, 0.15) is 17.3 Å². The number of aliphatic hydroxyl groups excluding tert-OH is 1. The minimum atomic E-state index is -6.27. The second-order valence-corrected chi connectivity index (χ2v) is 8.51. The van der Waals surface area contributed by atoms with Crippen LogP contribution in [0, 0.1) is 18.3 Å². The van der Waals surface area contributed by atoms with Gasteiger partial charge in [0.15, 0.2) is 0 Å². The van der Waals surface area contributed by atoms with E-state index in [9.17, 15) is 40.6 Å². The molecule has 0 aliphatic carbocycles. The number of nitriles is 1. The van der Waals surface area contributed by atoms with E-state index in [1.165, 1.54) is 32.0 Å². The molecular formula is C22H19ClF7N3O2+2. The zero-order valence-electron chi connectivity index (χ0n) is 18.4. The minimum Gasteiger partial charge on any atom is -0.460 e. The molecule has 0 bridgehead atoms. The summed E-state index contributed by atoms with van der Waals surface area (Å²) < 4.78 is 92.5. The van der Waals surface area contributed by atoms with Gasteiger partial charge in [-0.1, -0.05) is 17.7 Å². The third kappa shape index (κ3) is 5.57. The van der Waals surface area contributed by atoms with Crippen molar-refractivity contribution in [1.82, 2.24) is 0 Å². The first kappa shape index (κ1) is 28.1. The summed E-state index contributed by atoms with van der Waals surface area (Å²) in [5, 5.41) is 20.4. The smallest absolute Gasteiger partial charge is 0.435 e. The normalized spacial score (nSPS) is 13.5. The van der Waals surface area contributed by atoms with E-state index in [2.05, 4.69) is 4.99 Å². The van der Waals surface area contributed by atoms with Crippen molar-refractivity contribution in [2.24, 2.45) is 0 Å². The van der Waals surface area contributed by atoms with Crippen LogP contribution in [-0.2, 0) is 5.67 Å². The van der Waals surface area contributed by atoms with E-state index in [0.29, 0.717) is 12.1 Å². The number of amides is 1. The lowest BCUT2D eigenvalue weighted by Crippen LogP contribution is -2.86. The Morgan fingerprint density at radius 1 is 1.06 bits per heavy atom. The standard InChI is InChI=1S/C22H17ClF7N3O2/c1-11-9-12(20(24,21(25,26)27)22(28,29)30)7-8-15(11)32-17(34)13-5-4-6-14(23)16(13)18(35)33-19(2,3)10-31/h4-9H,1-3H3,(H,32,34)(H,33,35)/p+2. The fraction of sp³-hybridized carbons (Fsp3) is 0.318. The van der Waals surface area contributed by atoms with Gasteiger partial charge in [0.2, 0.25) is 5.54 Å². The van der Waals surface area contributed by atoms with Crippen LogP contribution < -0.4 is 10.3 Å². The largest absolute Gasteiger partial charge is 0.460 e. The number of quaternary nitrogens is 1. The van der Waals surface area contributed by atoms with E-state index < -0.39 is 40.9 Å². The summed E-state index contributed by atoms with van der Waals surface area (Å²) in [6.07, 6.45) is -12.5. The first-order valence-corrected chi connectivity index (χ1v) is 10.1. The molecule has 0 unspecified atom stereocenters. The van der Waals surface area contributed by atoms with Gasteiger partial charge in [-0.3, -0.25) is 0 Å². The second kappa shape index (κ2) is 9.47. The lowest BCUT2D eigenvalue weighted by atomic mass is 9.92. The predicted molar refractivity (Wildman–Crippen MR) is 111 cm³/mol. The second-order valence-electron chi connectivity index (χ2n) is 8.11. The number of rotatable bonds is 5. The molecule has 35 heavy (non-hydrogen) atoms. The maximum Gasteiger partial charge on any atom is 0.435 e. The number of nitrogens with two attached hydrogens (primary N) is 1. The summed E-state index contributed by atoms with van der Waals surface area (Å²) in [4.78, 5) is 15.4. The van der Waals surface area contributed by atoms with Crippen LogP contribution in [0.3, 0.4) is 0 Å². The number of carbonyl (C=O) groups excluding carboxylic acids is 1. The highest BCUT2D eigenvalue weighted by molar-refractivity contribution is 6.34. The van der Waals surface area contributed by atoms with Gasteiger partial charge < -0.3 is 5.11 Å². The Hall–Kier alpha value is -3.17. The number of nitrogens with one attached hydrogen (secondary N) is 1. The topological polar surface area (TPSA) is 91.7 Å². The van der Waals surface area contributed by atoms with E-state index in [-0.39, 0.29) is 27.4 Å². The Morgan fingerprint density at radius 3 is 2.11 bits per heavy atom. The summed E-state index contributed by atoms with van der Waals surface area (Å²) in [7, 11) is 0. The Labute approximate surface area is 199 Å². The lowest BCUT2D eigenvalue weighted by molar-refractivity contribution is -0.531. The molecule has 5 nitrogen and oxygen atoms in total. The average molecular weight is 526 g/mol. The van der Waals surface area contributed by atoms with Gasteiger partial charge >= 0.3 is 29.8 Å². The molecule has 0 aromatic heterocycles. The molecule has 0 heterocycles. The maximum atomic E-state index is 14.3. The number of aliphatic hydroxyl groups is 1. The molecule has 0 aliphatic heterocycles. The molecule has 0 aliphatic rings. The Balaban J connectivity index is 2.50. The number of benzene rings is 2. The molecule has 4 N–H and O–H groups in total. The maximum absolute atomic E-state index is 14.3. The van der Waals surface area contributed by atoms with Crippen molar-refractivity contribution < 1.29 is 50.9 Å². The first-order valence-electron chi connectivity index (χ1n) is 9.72. The highest BCUT2D eigenvalue weighted by Crippen LogP contribution is 2.53. The number of carbonyl (C=O) groups is 1. The molecule has 2 rings (SSSR count). The minimum absolute atomic E-state index is 0.0763. The molecule has 188 valence electrons. The van der Waals surface area contributed by atoms with E-state index in [1.807, 2.05) is 6.07 Å². The SMILES string of the molecule is Cc1cc(C(F)(C(F)(F)F)C(F)(F)F)ccc1[NH2+]C(=O)c1cccc(Cl)c1C(O)=[NH+]C(C)(C)C#N. The number of hydrogen-bond acceptors (Lipinski definition) is 2. The number of alkyl halides is 7. The van der Waals surface area contributed by atoms with Gasteiger partial charge in [0.05, 0.1) is 10.6 Å². The van der Waals surface area contributed by atoms with Crippen molar-refractivity contribution in [3.05, 3.63) is 63.7 Å². The van der Waals surface area contributed by atoms with Crippen molar-refractivity contribution in [3.63, 3.8) is 0 Å². The van der Waals surface area contributed by atoms with Crippen LogP contribution in [0.4, 0.5) is 36.4 Å². The highest BCUT2D eigenvalue weighted by atomic mass is 35.5. The third-order valence-corrected chi connectivity index (χ3v) is 5.28. The summed E-state index contributed by atoms with van der Waals surface area (Å²) in [6, 6.07) is 7.27. The number of aryl methyl sites for hydroxylation is 1. The zero-order chi connectivity index (χ0) is 27.0. The van der Waals surface area contributed by atoms with Crippen molar-refractivity contribution in [1.29, 1.82) is 5.26 Å². The molecule has 0 atom stereocenters. The number of hydrogen-bond donors (Lipinski definition) is 3. The zero-order valence-corrected chi connectivity index (χ0v) is 19.1. The van der Waals surface area contributed by atoms with Gasteiger partial charge in [0, 0.05) is 31.0 Å². The molecule has 0 fully saturated rings. The fourth-order valence-electron chi connectivity index (χ4n) is 3.12. The van der Waals surface area contributed by atoms with Crippen LogP contribution in [0.15, 0.2) is 36.4 Å². The molecule has 2 aromatic rings. The van der Waals surface area contributed by atoms with E-state index in [4.69, 9.17) is 16.9 Å². The van der Waals surface area contributed by atoms with Gasteiger partial charge in [-0.25, -0.2) is 14.5 Å². The predicted octanol–water partition coefficient (Wildman–Crippen LogP) is 3.66. The Bertz CT molecular complexity index is 1200. The molecular weight excluding hydrogens is 507 g/mol. The molecule has 0 spiro atoms. The van der Waals surface area contributed by atoms with E-state index >= 15 is 0 Å². The molecule has 0 radical (unpaired) electrons. The van der Waals surface area contributed by atoms with Crippen LogP contribution in [-0.4, -0.2) is 34.8 Å². The van der Waals surface area contributed by atoms with E-state index in [0.717, 1.165) is 18.3 Å². The lowest BCUT2D eigenvalue weighted by Gasteiger charge is -2.30. The van der Waals surface area contributed by atoms with Crippen molar-refractivity contribution >= 4 is 29.1 Å². The van der Waals surface area contributed by atoms with E-state index in [1.54, 1.807) is 0 Å². The van der Waals surface area contributed by atoms with Crippen LogP contribution in [0.2, 0.25) is 5.02 Å². The van der Waals surface area contributed by atoms with Crippen LogP contribution >= 0.6 is 11.6 Å². The molecule has 1 amide bonds.